The number of ketones is 1. The largest absolute Gasteiger partial charge is 0.497 e. The number of carbonyl (C=O) groups is 2. The number of nitriles is 1. The lowest BCUT2D eigenvalue weighted by atomic mass is 9.69. The van der Waals surface area contributed by atoms with Crippen molar-refractivity contribution in [3.8, 4) is 11.8 Å². The first-order valence-electron chi connectivity index (χ1n) is 11.1. The van der Waals surface area contributed by atoms with E-state index in [1.54, 1.807) is 7.11 Å². The summed E-state index contributed by atoms with van der Waals surface area (Å²) in [5.41, 5.74) is 3.34. The minimum absolute atomic E-state index is 0.0539. The van der Waals surface area contributed by atoms with Gasteiger partial charge >= 0.3 is 0 Å². The van der Waals surface area contributed by atoms with Gasteiger partial charge in [0.25, 0.3) is 0 Å². The molecule has 2 aromatic carbocycles. The third kappa shape index (κ3) is 5.02. The minimum atomic E-state index is -0.476. The summed E-state index contributed by atoms with van der Waals surface area (Å²) in [5.74, 6) is 0.257. The number of benzene rings is 2. The van der Waals surface area contributed by atoms with Gasteiger partial charge in [-0.2, -0.15) is 5.26 Å². The van der Waals surface area contributed by atoms with E-state index in [-0.39, 0.29) is 22.9 Å². The predicted octanol–water partition coefficient (Wildman–Crippen LogP) is 5.13. The number of allylic oxidation sites excluding steroid dienone is 3. The molecule has 1 heterocycles. The van der Waals surface area contributed by atoms with Crippen LogP contribution in [0.2, 0.25) is 0 Å². The van der Waals surface area contributed by atoms with Gasteiger partial charge in [0.1, 0.15) is 5.75 Å². The van der Waals surface area contributed by atoms with Crippen molar-refractivity contribution in [1.82, 2.24) is 5.32 Å². The zero-order valence-electron chi connectivity index (χ0n) is 19.5. The third-order valence-electron chi connectivity index (χ3n) is 5.98. The van der Waals surface area contributed by atoms with Crippen molar-refractivity contribution in [3.05, 3.63) is 82.0 Å². The molecule has 0 spiro atoms. The lowest BCUT2D eigenvalue weighted by molar-refractivity contribution is -0.118. The van der Waals surface area contributed by atoms with E-state index in [0.29, 0.717) is 34.8 Å². The summed E-state index contributed by atoms with van der Waals surface area (Å²) < 4.78 is 5.28. The molecule has 6 nitrogen and oxygen atoms in total. The maximum absolute atomic E-state index is 13.3. The molecule has 2 N–H and O–H groups in total. The summed E-state index contributed by atoms with van der Waals surface area (Å²) in [6, 6.07) is 19.1. The molecule has 1 amide bonds. The summed E-state index contributed by atoms with van der Waals surface area (Å²) in [6.45, 7) is 4.14. The smallest absolute Gasteiger partial charge is 0.234 e. The van der Waals surface area contributed by atoms with E-state index in [1.165, 1.54) is 11.8 Å². The van der Waals surface area contributed by atoms with E-state index >= 15 is 0 Å². The molecule has 4 rings (SSSR count). The average molecular weight is 474 g/mol. The molecule has 174 valence electrons. The van der Waals surface area contributed by atoms with Crippen LogP contribution in [0.25, 0.3) is 0 Å². The molecule has 1 aliphatic heterocycles. The second-order valence-electron chi connectivity index (χ2n) is 9.22. The number of thioether (sulfide) groups is 1. The third-order valence-corrected chi connectivity index (χ3v) is 7.00. The normalized spacial score (nSPS) is 19.1. The summed E-state index contributed by atoms with van der Waals surface area (Å²) in [7, 11) is 1.60. The Labute approximate surface area is 204 Å². The van der Waals surface area contributed by atoms with Crippen LogP contribution in [0.15, 0.2) is 76.5 Å². The molecule has 7 heteroatoms. The SMILES string of the molecule is COc1ccc([C@H]2C(C#N)=C(SCC(=O)Nc3ccccc3)NC3=C2C(=O)CC(C)(C)C3)cc1. The van der Waals surface area contributed by atoms with Crippen molar-refractivity contribution in [3.63, 3.8) is 0 Å². The van der Waals surface area contributed by atoms with Gasteiger partial charge in [-0.1, -0.05) is 55.9 Å². The van der Waals surface area contributed by atoms with Crippen molar-refractivity contribution >= 4 is 29.1 Å². The van der Waals surface area contributed by atoms with Crippen LogP contribution < -0.4 is 15.4 Å². The number of Topliss-reactive ketones (excluding diaryl/α,β-unsaturated/α-hetero) is 1. The Bertz CT molecular complexity index is 1210. The van der Waals surface area contributed by atoms with Gasteiger partial charge in [0.05, 0.1) is 35.5 Å². The zero-order chi connectivity index (χ0) is 24.3. The molecule has 0 saturated carbocycles. The fraction of sp³-hybridized carbons (Fsp3) is 0.296. The number of anilines is 1. The van der Waals surface area contributed by atoms with Gasteiger partial charge in [-0.05, 0) is 41.7 Å². The molecule has 0 bridgehead atoms. The molecule has 2 aromatic rings. The molecule has 2 aliphatic rings. The second-order valence-corrected chi connectivity index (χ2v) is 10.2. The van der Waals surface area contributed by atoms with Crippen molar-refractivity contribution in [1.29, 1.82) is 5.26 Å². The highest BCUT2D eigenvalue weighted by molar-refractivity contribution is 8.03. The summed E-state index contributed by atoms with van der Waals surface area (Å²) in [6.07, 6.45) is 1.13. The number of carbonyl (C=O) groups excluding carboxylic acids is 2. The van der Waals surface area contributed by atoms with Gasteiger partial charge < -0.3 is 15.4 Å². The first-order valence-corrected chi connectivity index (χ1v) is 12.1. The van der Waals surface area contributed by atoms with Crippen LogP contribution in [0.4, 0.5) is 5.69 Å². The fourth-order valence-corrected chi connectivity index (χ4v) is 5.34. The number of hydrogen-bond acceptors (Lipinski definition) is 6. The van der Waals surface area contributed by atoms with Gasteiger partial charge in [-0.3, -0.25) is 9.59 Å². The van der Waals surface area contributed by atoms with E-state index in [0.717, 1.165) is 16.9 Å². The molecule has 0 unspecified atom stereocenters. The Hall–Kier alpha value is -3.50. The molecular weight excluding hydrogens is 446 g/mol. The van der Waals surface area contributed by atoms with Crippen molar-refractivity contribution in [2.24, 2.45) is 5.41 Å². The number of amides is 1. The van der Waals surface area contributed by atoms with Gasteiger partial charge in [0, 0.05) is 23.4 Å². The summed E-state index contributed by atoms with van der Waals surface area (Å²) in [4.78, 5) is 25.8. The lowest BCUT2D eigenvalue weighted by Crippen LogP contribution is -2.37. The summed E-state index contributed by atoms with van der Waals surface area (Å²) >= 11 is 1.28. The van der Waals surface area contributed by atoms with E-state index < -0.39 is 5.92 Å². The minimum Gasteiger partial charge on any atom is -0.497 e. The highest BCUT2D eigenvalue weighted by Crippen LogP contribution is 2.48. The molecule has 0 saturated heterocycles. The zero-order valence-corrected chi connectivity index (χ0v) is 20.3. The van der Waals surface area contributed by atoms with Gasteiger partial charge in [-0.25, -0.2) is 0 Å². The van der Waals surface area contributed by atoms with Crippen LogP contribution in [0.3, 0.4) is 0 Å². The Kier molecular flexibility index (Phi) is 6.80. The van der Waals surface area contributed by atoms with Crippen LogP contribution in [0, 0.1) is 16.7 Å². The highest BCUT2D eigenvalue weighted by atomic mass is 32.2. The predicted molar refractivity (Wildman–Crippen MR) is 134 cm³/mol. The number of nitrogens with zero attached hydrogens (tertiary/aromatic N) is 1. The molecule has 1 aliphatic carbocycles. The van der Waals surface area contributed by atoms with Crippen molar-refractivity contribution in [2.45, 2.75) is 32.6 Å². The molecular formula is C27H27N3O3S. The van der Waals surface area contributed by atoms with Crippen LogP contribution in [0.5, 0.6) is 5.75 Å². The molecule has 0 radical (unpaired) electrons. The van der Waals surface area contributed by atoms with Crippen LogP contribution in [-0.4, -0.2) is 24.6 Å². The first kappa shape index (κ1) is 23.7. The van der Waals surface area contributed by atoms with Crippen molar-refractivity contribution in [2.75, 3.05) is 18.2 Å². The standard InChI is InChI=1S/C27H27N3O3S/c1-27(2)13-21-25(22(31)14-27)24(17-9-11-19(33-3)12-10-17)20(15-28)26(30-21)34-16-23(32)29-18-7-5-4-6-8-18/h4-12,24,30H,13-14,16H2,1-3H3,(H,29,32)/t24-/m0/s1. The van der Waals surface area contributed by atoms with Crippen LogP contribution >= 0.6 is 11.8 Å². The Morgan fingerprint density at radius 1 is 1.18 bits per heavy atom. The van der Waals surface area contributed by atoms with E-state index in [4.69, 9.17) is 4.74 Å². The Morgan fingerprint density at radius 2 is 1.88 bits per heavy atom. The van der Waals surface area contributed by atoms with Crippen LogP contribution in [-0.2, 0) is 9.59 Å². The number of rotatable bonds is 6. The number of methoxy groups -OCH3 is 1. The molecule has 0 fully saturated rings. The van der Waals surface area contributed by atoms with Crippen molar-refractivity contribution < 1.29 is 14.3 Å². The maximum atomic E-state index is 13.3. The number of ether oxygens (including phenoxy) is 1. The number of para-hydroxylation sites is 1. The fourth-order valence-electron chi connectivity index (χ4n) is 4.48. The second kappa shape index (κ2) is 9.78. The molecule has 34 heavy (non-hydrogen) atoms. The average Bonchev–Trinajstić information content (AvgIpc) is 2.81. The Morgan fingerprint density at radius 3 is 2.53 bits per heavy atom. The number of nitrogens with one attached hydrogen (secondary N) is 2. The summed E-state index contributed by atoms with van der Waals surface area (Å²) in [5, 5.41) is 17.0. The highest BCUT2D eigenvalue weighted by Gasteiger charge is 2.41. The van der Waals surface area contributed by atoms with E-state index in [1.807, 2.05) is 54.6 Å². The molecule has 1 atom stereocenters. The quantitative estimate of drug-likeness (QED) is 0.604. The van der Waals surface area contributed by atoms with Gasteiger partial charge in [0.2, 0.25) is 5.91 Å². The monoisotopic (exact) mass is 473 g/mol. The number of dihydropyridines is 1. The topological polar surface area (TPSA) is 91.2 Å². The lowest BCUT2D eigenvalue weighted by Gasteiger charge is -2.39. The molecule has 0 aromatic heterocycles. The Balaban J connectivity index is 1.66. The van der Waals surface area contributed by atoms with E-state index in [2.05, 4.69) is 30.6 Å². The van der Waals surface area contributed by atoms with Gasteiger partial charge in [-0.15, -0.1) is 0 Å². The number of hydrogen-bond donors (Lipinski definition) is 2. The maximum Gasteiger partial charge on any atom is 0.234 e. The van der Waals surface area contributed by atoms with Gasteiger partial charge in [0.15, 0.2) is 5.78 Å². The first-order chi connectivity index (χ1) is 16.3. The van der Waals surface area contributed by atoms with Crippen LogP contribution in [0.1, 0.15) is 38.2 Å². The van der Waals surface area contributed by atoms with E-state index in [9.17, 15) is 14.9 Å².